The number of methoxy groups -OCH3 is 1. The Morgan fingerprint density at radius 3 is 2.56 bits per heavy atom. The second kappa shape index (κ2) is 5.70. The molecule has 1 aliphatic carbocycles. The van der Waals surface area contributed by atoms with Gasteiger partial charge in [-0.1, -0.05) is 12.5 Å². The van der Waals surface area contributed by atoms with E-state index in [-0.39, 0.29) is 11.9 Å². The van der Waals surface area contributed by atoms with Crippen LogP contribution in [0.4, 0.5) is 4.39 Å². The Kier molecular flexibility index (Phi) is 4.23. The first kappa shape index (κ1) is 13.3. The van der Waals surface area contributed by atoms with Gasteiger partial charge in [-0.15, -0.1) is 0 Å². The Labute approximate surface area is 109 Å². The highest BCUT2D eigenvalue weighted by atomic mass is 19.1. The molecule has 3 heteroatoms. The summed E-state index contributed by atoms with van der Waals surface area (Å²) < 4.78 is 18.9. The number of rotatable bonds is 5. The van der Waals surface area contributed by atoms with E-state index in [2.05, 4.69) is 12.2 Å². The fraction of sp³-hybridized carbons (Fsp3) is 0.600. The summed E-state index contributed by atoms with van der Waals surface area (Å²) in [5, 5.41) is 3.50. The minimum Gasteiger partial charge on any atom is -0.497 e. The number of hydrogen-bond acceptors (Lipinski definition) is 2. The van der Waals surface area contributed by atoms with Gasteiger partial charge in [0.1, 0.15) is 11.6 Å². The van der Waals surface area contributed by atoms with Crippen molar-refractivity contribution in [2.45, 2.75) is 45.2 Å². The molecule has 1 N–H and O–H groups in total. The highest BCUT2D eigenvalue weighted by Gasteiger charge is 2.25. The maximum absolute atomic E-state index is 13.9. The number of benzene rings is 1. The molecule has 0 aromatic heterocycles. The van der Waals surface area contributed by atoms with Gasteiger partial charge in [-0.05, 0) is 38.7 Å². The SMILES string of the molecule is COc1ccc(C(C)NC(C)C2CCC2)c(F)c1. The first-order chi connectivity index (χ1) is 8.61. The van der Waals surface area contributed by atoms with E-state index in [9.17, 15) is 4.39 Å². The van der Waals surface area contributed by atoms with Gasteiger partial charge < -0.3 is 10.1 Å². The fourth-order valence-corrected chi connectivity index (χ4v) is 2.55. The van der Waals surface area contributed by atoms with Crippen LogP contribution in [0.15, 0.2) is 18.2 Å². The summed E-state index contributed by atoms with van der Waals surface area (Å²) in [5.41, 5.74) is 0.710. The minimum absolute atomic E-state index is 0.0338. The Morgan fingerprint density at radius 2 is 2.06 bits per heavy atom. The maximum atomic E-state index is 13.9. The van der Waals surface area contributed by atoms with Gasteiger partial charge in [0, 0.05) is 23.7 Å². The molecule has 0 heterocycles. The standard InChI is InChI=1S/C15H22FNO/c1-10(12-5-4-6-12)17-11(2)14-8-7-13(18-3)9-15(14)16/h7-12,17H,4-6H2,1-3H3. The predicted molar refractivity (Wildman–Crippen MR) is 71.3 cm³/mol. The Bertz CT molecular complexity index is 403. The van der Waals surface area contributed by atoms with E-state index in [1.165, 1.54) is 25.3 Å². The molecule has 1 fully saturated rings. The molecule has 2 nitrogen and oxygen atoms in total. The molecule has 1 aromatic carbocycles. The van der Waals surface area contributed by atoms with Crippen molar-refractivity contribution in [3.8, 4) is 5.75 Å². The molecule has 0 bridgehead atoms. The van der Waals surface area contributed by atoms with Crippen LogP contribution in [0.25, 0.3) is 0 Å². The highest BCUT2D eigenvalue weighted by Crippen LogP contribution is 2.31. The van der Waals surface area contributed by atoms with Gasteiger partial charge >= 0.3 is 0 Å². The van der Waals surface area contributed by atoms with E-state index < -0.39 is 0 Å². The van der Waals surface area contributed by atoms with Gasteiger partial charge in [-0.2, -0.15) is 0 Å². The normalized spacial score (nSPS) is 19.1. The number of nitrogens with one attached hydrogen (secondary N) is 1. The van der Waals surface area contributed by atoms with Crippen LogP contribution in [0.3, 0.4) is 0 Å². The Balaban J connectivity index is 2.01. The summed E-state index contributed by atoms with van der Waals surface area (Å²) in [6.45, 7) is 4.21. The van der Waals surface area contributed by atoms with Gasteiger partial charge in [0.15, 0.2) is 0 Å². The lowest BCUT2D eigenvalue weighted by Crippen LogP contribution is -2.38. The Morgan fingerprint density at radius 1 is 1.33 bits per heavy atom. The highest BCUT2D eigenvalue weighted by molar-refractivity contribution is 5.30. The predicted octanol–water partition coefficient (Wildman–Crippen LogP) is 3.67. The Hall–Kier alpha value is -1.09. The topological polar surface area (TPSA) is 21.3 Å². The molecule has 18 heavy (non-hydrogen) atoms. The van der Waals surface area contributed by atoms with Crippen LogP contribution < -0.4 is 10.1 Å². The van der Waals surface area contributed by atoms with Crippen molar-refractivity contribution in [3.05, 3.63) is 29.6 Å². The minimum atomic E-state index is -0.199. The van der Waals surface area contributed by atoms with Gasteiger partial charge in [-0.3, -0.25) is 0 Å². The molecular formula is C15H22FNO. The lowest BCUT2D eigenvalue weighted by molar-refractivity contribution is 0.229. The quantitative estimate of drug-likeness (QED) is 0.862. The monoisotopic (exact) mass is 251 g/mol. The molecule has 0 saturated heterocycles. The lowest BCUT2D eigenvalue weighted by Gasteiger charge is -2.34. The van der Waals surface area contributed by atoms with Gasteiger partial charge in [0.25, 0.3) is 0 Å². The van der Waals surface area contributed by atoms with E-state index >= 15 is 0 Å². The van der Waals surface area contributed by atoms with Crippen LogP contribution in [0.5, 0.6) is 5.75 Å². The third-order valence-electron chi connectivity index (χ3n) is 4.04. The molecule has 0 amide bonds. The molecule has 1 aromatic rings. The zero-order valence-electron chi connectivity index (χ0n) is 11.4. The van der Waals surface area contributed by atoms with Crippen molar-refractivity contribution in [2.75, 3.05) is 7.11 Å². The number of hydrogen-bond donors (Lipinski definition) is 1. The molecular weight excluding hydrogens is 229 g/mol. The summed E-state index contributed by atoms with van der Waals surface area (Å²) in [5.74, 6) is 1.12. The van der Waals surface area contributed by atoms with Crippen molar-refractivity contribution < 1.29 is 9.13 Å². The molecule has 100 valence electrons. The number of halogens is 1. The molecule has 1 saturated carbocycles. The van der Waals surface area contributed by atoms with E-state index in [1.54, 1.807) is 13.2 Å². The van der Waals surface area contributed by atoms with Gasteiger partial charge in [0.05, 0.1) is 7.11 Å². The first-order valence-corrected chi connectivity index (χ1v) is 6.71. The van der Waals surface area contributed by atoms with Gasteiger partial charge in [0.2, 0.25) is 0 Å². The number of ether oxygens (including phenoxy) is 1. The first-order valence-electron chi connectivity index (χ1n) is 6.71. The second-order valence-electron chi connectivity index (χ2n) is 5.26. The summed E-state index contributed by atoms with van der Waals surface area (Å²) in [6, 6.07) is 5.55. The van der Waals surface area contributed by atoms with Crippen LogP contribution in [0.2, 0.25) is 0 Å². The average molecular weight is 251 g/mol. The molecule has 0 aliphatic heterocycles. The second-order valence-corrected chi connectivity index (χ2v) is 5.26. The van der Waals surface area contributed by atoms with Crippen molar-refractivity contribution in [1.29, 1.82) is 0 Å². The summed E-state index contributed by atoms with van der Waals surface area (Å²) in [6.07, 6.45) is 3.93. The van der Waals surface area contributed by atoms with E-state index in [0.29, 0.717) is 17.4 Å². The molecule has 2 atom stereocenters. The van der Waals surface area contributed by atoms with E-state index in [0.717, 1.165) is 5.92 Å². The maximum Gasteiger partial charge on any atom is 0.131 e. The third-order valence-corrected chi connectivity index (χ3v) is 4.04. The van der Waals surface area contributed by atoms with Crippen LogP contribution >= 0.6 is 0 Å². The van der Waals surface area contributed by atoms with Crippen LogP contribution in [0, 0.1) is 11.7 Å². The fourth-order valence-electron chi connectivity index (χ4n) is 2.55. The van der Waals surface area contributed by atoms with E-state index in [1.807, 2.05) is 13.0 Å². The molecule has 2 rings (SSSR count). The summed E-state index contributed by atoms with van der Waals surface area (Å²) in [4.78, 5) is 0. The van der Waals surface area contributed by atoms with Crippen LogP contribution in [-0.4, -0.2) is 13.2 Å². The average Bonchev–Trinajstić information content (AvgIpc) is 2.25. The van der Waals surface area contributed by atoms with Crippen molar-refractivity contribution >= 4 is 0 Å². The van der Waals surface area contributed by atoms with E-state index in [4.69, 9.17) is 4.74 Å². The van der Waals surface area contributed by atoms with Crippen LogP contribution in [0.1, 0.15) is 44.7 Å². The molecule has 1 aliphatic rings. The van der Waals surface area contributed by atoms with Gasteiger partial charge in [-0.25, -0.2) is 4.39 Å². The van der Waals surface area contributed by atoms with Crippen LogP contribution in [-0.2, 0) is 0 Å². The largest absolute Gasteiger partial charge is 0.497 e. The summed E-state index contributed by atoms with van der Waals surface area (Å²) in [7, 11) is 1.55. The van der Waals surface area contributed by atoms with Crippen molar-refractivity contribution in [2.24, 2.45) is 5.92 Å². The summed E-state index contributed by atoms with van der Waals surface area (Å²) >= 11 is 0. The zero-order chi connectivity index (χ0) is 13.1. The lowest BCUT2D eigenvalue weighted by atomic mass is 9.80. The van der Waals surface area contributed by atoms with Crippen molar-refractivity contribution in [3.63, 3.8) is 0 Å². The zero-order valence-corrected chi connectivity index (χ0v) is 11.4. The third kappa shape index (κ3) is 2.83. The molecule has 0 radical (unpaired) electrons. The molecule has 0 spiro atoms. The molecule has 2 unspecified atom stereocenters. The van der Waals surface area contributed by atoms with Crippen molar-refractivity contribution in [1.82, 2.24) is 5.32 Å². The smallest absolute Gasteiger partial charge is 0.131 e.